The molecule has 0 saturated carbocycles. The molecular formula is C16H28N4O. The Labute approximate surface area is 128 Å². The van der Waals surface area contributed by atoms with Gasteiger partial charge in [0.05, 0.1) is 5.56 Å². The van der Waals surface area contributed by atoms with Crippen molar-refractivity contribution in [3.8, 4) is 0 Å². The number of carbonyl (C=O) groups excluding carboxylic acids is 1. The van der Waals surface area contributed by atoms with E-state index < -0.39 is 0 Å². The number of hydrogen-bond acceptors (Lipinski definition) is 4. The van der Waals surface area contributed by atoms with Crippen molar-refractivity contribution in [2.75, 3.05) is 32.5 Å². The van der Waals surface area contributed by atoms with Gasteiger partial charge in [-0.25, -0.2) is 4.98 Å². The Kier molecular flexibility index (Phi) is 7.15. The Hall–Kier alpha value is -1.62. The van der Waals surface area contributed by atoms with Gasteiger partial charge in [-0.05, 0) is 38.6 Å². The lowest BCUT2D eigenvalue weighted by molar-refractivity contribution is 0.0917. The number of anilines is 1. The fourth-order valence-electron chi connectivity index (χ4n) is 2.04. The van der Waals surface area contributed by atoms with Gasteiger partial charge in [-0.1, -0.05) is 20.8 Å². The van der Waals surface area contributed by atoms with E-state index in [2.05, 4.69) is 41.3 Å². The number of nitrogens with zero attached hydrogens (tertiary/aromatic N) is 2. The summed E-state index contributed by atoms with van der Waals surface area (Å²) >= 11 is 0. The van der Waals surface area contributed by atoms with Gasteiger partial charge in [0.1, 0.15) is 5.82 Å². The maximum absolute atomic E-state index is 12.5. The molecule has 0 radical (unpaired) electrons. The monoisotopic (exact) mass is 292 g/mol. The lowest BCUT2D eigenvalue weighted by Crippen LogP contribution is -2.45. The summed E-state index contributed by atoms with van der Waals surface area (Å²) in [6.45, 7) is 7.95. The van der Waals surface area contributed by atoms with Crippen LogP contribution in [0.5, 0.6) is 0 Å². The Bertz CT molecular complexity index is 446. The van der Waals surface area contributed by atoms with Gasteiger partial charge in [0.15, 0.2) is 0 Å². The Morgan fingerprint density at radius 1 is 1.38 bits per heavy atom. The molecule has 0 aliphatic rings. The number of nitrogens with one attached hydrogen (secondary N) is 2. The van der Waals surface area contributed by atoms with E-state index >= 15 is 0 Å². The highest BCUT2D eigenvalue weighted by Gasteiger charge is 2.19. The third kappa shape index (κ3) is 5.71. The molecule has 5 heteroatoms. The highest BCUT2D eigenvalue weighted by atomic mass is 16.1. The van der Waals surface area contributed by atoms with E-state index in [-0.39, 0.29) is 11.9 Å². The molecule has 1 atom stereocenters. The van der Waals surface area contributed by atoms with Crippen LogP contribution in [-0.2, 0) is 0 Å². The van der Waals surface area contributed by atoms with Gasteiger partial charge < -0.3 is 15.5 Å². The number of hydrogen-bond donors (Lipinski definition) is 2. The van der Waals surface area contributed by atoms with Crippen LogP contribution < -0.4 is 10.6 Å². The van der Waals surface area contributed by atoms with Crippen LogP contribution in [0.25, 0.3) is 0 Å². The zero-order valence-corrected chi connectivity index (χ0v) is 13.8. The lowest BCUT2D eigenvalue weighted by Gasteiger charge is -2.26. The predicted octanol–water partition coefficient (Wildman–Crippen LogP) is 2.22. The van der Waals surface area contributed by atoms with Crippen LogP contribution in [0, 0.1) is 5.92 Å². The molecule has 1 aromatic heterocycles. The molecule has 0 saturated heterocycles. The fraction of sp³-hybridized carbons (Fsp3) is 0.625. The lowest BCUT2D eigenvalue weighted by atomic mass is 10.0. The number of carbonyl (C=O) groups is 1. The second-order valence-corrected chi connectivity index (χ2v) is 5.91. The summed E-state index contributed by atoms with van der Waals surface area (Å²) in [5.74, 6) is 0.964. The number of rotatable bonds is 8. The Morgan fingerprint density at radius 2 is 2.10 bits per heavy atom. The molecule has 1 rings (SSSR count). The van der Waals surface area contributed by atoms with Crippen molar-refractivity contribution < 1.29 is 4.79 Å². The van der Waals surface area contributed by atoms with Gasteiger partial charge in [0, 0.05) is 25.3 Å². The average Bonchev–Trinajstić information content (AvgIpc) is 2.44. The summed E-state index contributed by atoms with van der Waals surface area (Å²) in [5.41, 5.74) is 0.607. The van der Waals surface area contributed by atoms with Crippen molar-refractivity contribution in [1.82, 2.24) is 15.2 Å². The maximum atomic E-state index is 12.5. The topological polar surface area (TPSA) is 57.3 Å². The highest BCUT2D eigenvalue weighted by Crippen LogP contribution is 2.13. The number of pyridine rings is 1. The number of amides is 1. The molecule has 0 aliphatic carbocycles. The zero-order valence-electron chi connectivity index (χ0n) is 13.8. The first-order valence-electron chi connectivity index (χ1n) is 7.60. The van der Waals surface area contributed by atoms with Crippen molar-refractivity contribution in [1.29, 1.82) is 0 Å². The largest absolute Gasteiger partial charge is 0.369 e. The van der Waals surface area contributed by atoms with Crippen LogP contribution in [0.1, 0.15) is 37.6 Å². The van der Waals surface area contributed by atoms with Crippen LogP contribution in [0.15, 0.2) is 18.3 Å². The minimum atomic E-state index is -0.0674. The van der Waals surface area contributed by atoms with Crippen molar-refractivity contribution >= 4 is 11.7 Å². The first-order valence-corrected chi connectivity index (χ1v) is 7.60. The average molecular weight is 292 g/mol. The van der Waals surface area contributed by atoms with Crippen molar-refractivity contribution in [3.63, 3.8) is 0 Å². The minimum absolute atomic E-state index is 0.0674. The molecule has 0 aliphatic heterocycles. The van der Waals surface area contributed by atoms with E-state index in [9.17, 15) is 4.79 Å². The Morgan fingerprint density at radius 3 is 2.67 bits per heavy atom. The number of likely N-dealkylation sites (N-methyl/N-ethyl adjacent to an activating group) is 1. The molecule has 1 unspecified atom stereocenters. The summed E-state index contributed by atoms with van der Waals surface area (Å²) < 4.78 is 0. The molecule has 0 bridgehead atoms. The summed E-state index contributed by atoms with van der Waals surface area (Å²) in [4.78, 5) is 18.9. The first-order chi connectivity index (χ1) is 9.95. The molecule has 1 amide bonds. The van der Waals surface area contributed by atoms with Crippen molar-refractivity contribution in [2.24, 2.45) is 5.92 Å². The zero-order chi connectivity index (χ0) is 15.8. The molecule has 21 heavy (non-hydrogen) atoms. The van der Waals surface area contributed by atoms with E-state index in [0.717, 1.165) is 19.5 Å². The van der Waals surface area contributed by atoms with Gasteiger partial charge in [0.25, 0.3) is 5.91 Å². The second-order valence-electron chi connectivity index (χ2n) is 5.91. The van der Waals surface area contributed by atoms with E-state index in [1.807, 2.05) is 20.2 Å². The highest BCUT2D eigenvalue weighted by molar-refractivity contribution is 5.98. The van der Waals surface area contributed by atoms with Gasteiger partial charge in [-0.15, -0.1) is 0 Å². The molecular weight excluding hydrogens is 264 g/mol. The third-order valence-electron chi connectivity index (χ3n) is 3.28. The standard InChI is InChI=1S/C16H28N4O/c1-6-9-17-15-13(8-7-10-18-15)16(21)19-14(12(2)3)11-20(4)5/h7-8,10,12,14H,6,9,11H2,1-5H3,(H,17,18)(H,19,21). The summed E-state index contributed by atoms with van der Waals surface area (Å²) in [6.07, 6.45) is 2.70. The van der Waals surface area contributed by atoms with E-state index in [0.29, 0.717) is 17.3 Å². The fourth-order valence-corrected chi connectivity index (χ4v) is 2.04. The normalized spacial score (nSPS) is 12.5. The summed E-state index contributed by atoms with van der Waals surface area (Å²) in [6, 6.07) is 3.72. The summed E-state index contributed by atoms with van der Waals surface area (Å²) in [7, 11) is 4.03. The molecule has 1 heterocycles. The maximum Gasteiger partial charge on any atom is 0.255 e. The van der Waals surface area contributed by atoms with Crippen molar-refractivity contribution in [3.05, 3.63) is 23.9 Å². The molecule has 0 fully saturated rings. The predicted molar refractivity (Wildman–Crippen MR) is 87.7 cm³/mol. The minimum Gasteiger partial charge on any atom is -0.369 e. The van der Waals surface area contributed by atoms with Gasteiger partial charge >= 0.3 is 0 Å². The molecule has 2 N–H and O–H groups in total. The van der Waals surface area contributed by atoms with E-state index in [4.69, 9.17) is 0 Å². The van der Waals surface area contributed by atoms with E-state index in [1.54, 1.807) is 12.3 Å². The SMILES string of the molecule is CCCNc1ncccc1C(=O)NC(CN(C)C)C(C)C. The second kappa shape index (κ2) is 8.62. The smallest absolute Gasteiger partial charge is 0.255 e. The molecule has 0 spiro atoms. The van der Waals surface area contributed by atoms with Crippen LogP contribution in [-0.4, -0.2) is 49.0 Å². The van der Waals surface area contributed by atoms with Crippen LogP contribution >= 0.6 is 0 Å². The van der Waals surface area contributed by atoms with Gasteiger partial charge in [-0.3, -0.25) is 4.79 Å². The van der Waals surface area contributed by atoms with Crippen LogP contribution in [0.2, 0.25) is 0 Å². The van der Waals surface area contributed by atoms with E-state index in [1.165, 1.54) is 0 Å². The molecule has 5 nitrogen and oxygen atoms in total. The molecule has 118 valence electrons. The van der Waals surface area contributed by atoms with Gasteiger partial charge in [-0.2, -0.15) is 0 Å². The van der Waals surface area contributed by atoms with Gasteiger partial charge in [0.2, 0.25) is 0 Å². The quantitative estimate of drug-likeness (QED) is 0.771. The first kappa shape index (κ1) is 17.4. The third-order valence-corrected chi connectivity index (χ3v) is 3.28. The molecule has 1 aromatic rings. The van der Waals surface area contributed by atoms with Crippen molar-refractivity contribution in [2.45, 2.75) is 33.2 Å². The Balaban J connectivity index is 2.82. The number of aromatic nitrogens is 1. The van der Waals surface area contributed by atoms with Crippen LogP contribution in [0.3, 0.4) is 0 Å². The summed E-state index contributed by atoms with van der Waals surface area (Å²) in [5, 5.41) is 6.33. The molecule has 0 aromatic carbocycles. The van der Waals surface area contributed by atoms with Crippen LogP contribution in [0.4, 0.5) is 5.82 Å².